The minimum Gasteiger partial charge on any atom is -0.394 e. The molecule has 5 atom stereocenters. The van der Waals surface area contributed by atoms with E-state index in [4.69, 9.17) is 20.3 Å². The van der Waals surface area contributed by atoms with Crippen molar-refractivity contribution in [1.29, 1.82) is 0 Å². The van der Waals surface area contributed by atoms with Gasteiger partial charge in [0.2, 0.25) is 5.91 Å². The van der Waals surface area contributed by atoms with E-state index in [0.29, 0.717) is 26.1 Å². The number of nitrogens with two attached hydrogens (primary N) is 1. The summed E-state index contributed by atoms with van der Waals surface area (Å²) in [5.41, 5.74) is 5.31. The van der Waals surface area contributed by atoms with Crippen LogP contribution in [0.2, 0.25) is 0 Å². The summed E-state index contributed by atoms with van der Waals surface area (Å²) in [4.78, 5) is 11.4. The first-order chi connectivity index (χ1) is 12.5. The Morgan fingerprint density at radius 3 is 2.31 bits per heavy atom. The normalized spacial score (nSPS) is 28.9. The Morgan fingerprint density at radius 1 is 1.00 bits per heavy atom. The van der Waals surface area contributed by atoms with Gasteiger partial charge in [-0.15, -0.1) is 0 Å². The van der Waals surface area contributed by atoms with Gasteiger partial charge in [0.25, 0.3) is 0 Å². The minimum atomic E-state index is -1.41. The molecule has 7 N–H and O–H groups in total. The fourth-order valence-electron chi connectivity index (χ4n) is 2.80. The molecule has 0 saturated carbocycles. The first-order valence-electron chi connectivity index (χ1n) is 9.40. The van der Waals surface area contributed by atoms with Crippen LogP contribution in [0.4, 0.5) is 0 Å². The first-order valence-corrected chi connectivity index (χ1v) is 9.40. The fourth-order valence-corrected chi connectivity index (χ4v) is 2.80. The summed E-state index contributed by atoms with van der Waals surface area (Å²) in [7, 11) is 0. The number of aliphatic hydroxyl groups is 4. The number of aliphatic hydroxyl groups excluding tert-OH is 4. The Kier molecular flexibility index (Phi) is 11.9. The van der Waals surface area contributed by atoms with Gasteiger partial charge >= 0.3 is 0 Å². The van der Waals surface area contributed by atoms with Crippen molar-refractivity contribution in [2.24, 2.45) is 5.73 Å². The summed E-state index contributed by atoms with van der Waals surface area (Å²) in [5, 5.41) is 41.0. The van der Waals surface area contributed by atoms with Crippen LogP contribution in [-0.2, 0) is 14.3 Å². The SMILES string of the molecule is NCCNC(=O)CCCCCCCCO[C@H]1O[C@H](CO)[C@@H](O)[C@H](O)[C@@H]1O. The third-order valence-electron chi connectivity index (χ3n) is 4.40. The molecule has 154 valence electrons. The zero-order valence-electron chi connectivity index (χ0n) is 15.3. The molecule has 9 heteroatoms. The molecular weight excluding hydrogens is 344 g/mol. The maximum Gasteiger partial charge on any atom is 0.220 e. The number of ether oxygens (including phenoxy) is 2. The summed E-state index contributed by atoms with van der Waals surface area (Å²) in [6.45, 7) is 0.865. The highest BCUT2D eigenvalue weighted by Crippen LogP contribution is 2.22. The lowest BCUT2D eigenvalue weighted by Crippen LogP contribution is -2.59. The van der Waals surface area contributed by atoms with Gasteiger partial charge in [-0.3, -0.25) is 4.79 Å². The maximum absolute atomic E-state index is 11.4. The van der Waals surface area contributed by atoms with Gasteiger partial charge < -0.3 is 41.0 Å². The minimum absolute atomic E-state index is 0.0448. The van der Waals surface area contributed by atoms with Crippen molar-refractivity contribution in [3.8, 4) is 0 Å². The molecular formula is C17H34N2O7. The molecule has 26 heavy (non-hydrogen) atoms. The molecule has 1 aliphatic heterocycles. The molecule has 0 aromatic rings. The molecule has 0 bridgehead atoms. The van der Waals surface area contributed by atoms with Crippen LogP contribution in [0.25, 0.3) is 0 Å². The average molecular weight is 378 g/mol. The van der Waals surface area contributed by atoms with Crippen molar-refractivity contribution in [2.75, 3.05) is 26.3 Å². The summed E-state index contributed by atoms with van der Waals surface area (Å²) in [6.07, 6.45) is 0.00770. The largest absolute Gasteiger partial charge is 0.394 e. The maximum atomic E-state index is 11.4. The van der Waals surface area contributed by atoms with Gasteiger partial charge in [0, 0.05) is 26.1 Å². The molecule has 1 fully saturated rings. The van der Waals surface area contributed by atoms with Crippen LogP contribution in [0.5, 0.6) is 0 Å². The van der Waals surface area contributed by atoms with Crippen LogP contribution in [0.3, 0.4) is 0 Å². The van der Waals surface area contributed by atoms with Crippen LogP contribution < -0.4 is 11.1 Å². The second-order valence-corrected chi connectivity index (χ2v) is 6.58. The van der Waals surface area contributed by atoms with Gasteiger partial charge in [0.05, 0.1) is 6.61 Å². The number of amides is 1. The fraction of sp³-hybridized carbons (Fsp3) is 0.941. The Hall–Kier alpha value is -0.810. The lowest BCUT2D eigenvalue weighted by molar-refractivity contribution is -0.301. The smallest absolute Gasteiger partial charge is 0.220 e. The van der Waals surface area contributed by atoms with E-state index in [1.807, 2.05) is 0 Å². The highest BCUT2D eigenvalue weighted by atomic mass is 16.7. The molecule has 1 heterocycles. The topological polar surface area (TPSA) is 154 Å². The molecule has 1 saturated heterocycles. The molecule has 0 aromatic carbocycles. The molecule has 1 amide bonds. The van der Waals surface area contributed by atoms with E-state index in [9.17, 15) is 20.1 Å². The number of hydrogen-bond donors (Lipinski definition) is 6. The number of unbranched alkanes of at least 4 members (excludes halogenated alkanes) is 5. The highest BCUT2D eigenvalue weighted by molar-refractivity contribution is 5.75. The number of carbonyl (C=O) groups is 1. The zero-order chi connectivity index (χ0) is 19.4. The van der Waals surface area contributed by atoms with Crippen molar-refractivity contribution >= 4 is 5.91 Å². The van der Waals surface area contributed by atoms with Crippen molar-refractivity contribution in [2.45, 2.75) is 75.7 Å². The highest BCUT2D eigenvalue weighted by Gasteiger charge is 2.43. The number of rotatable bonds is 13. The third kappa shape index (κ3) is 8.26. The van der Waals surface area contributed by atoms with Crippen LogP contribution in [0, 0.1) is 0 Å². The molecule has 0 spiro atoms. The predicted octanol–water partition coefficient (Wildman–Crippen LogP) is -1.39. The first kappa shape index (κ1) is 23.2. The van der Waals surface area contributed by atoms with E-state index in [-0.39, 0.29) is 5.91 Å². The van der Waals surface area contributed by atoms with Gasteiger partial charge in [0.15, 0.2) is 6.29 Å². The predicted molar refractivity (Wildman–Crippen MR) is 94.1 cm³/mol. The standard InChI is InChI=1S/C17H34N2O7/c18-8-9-19-13(21)7-5-3-1-2-4-6-10-25-17-16(24)15(23)14(22)12(11-20)26-17/h12,14-17,20,22-24H,1-11,18H2,(H,19,21)/t12-,14-,15+,16+,17+/m1/s1. The van der Waals surface area contributed by atoms with Crippen molar-refractivity contribution in [3.63, 3.8) is 0 Å². The Bertz CT molecular complexity index is 384. The van der Waals surface area contributed by atoms with Gasteiger partial charge in [-0.1, -0.05) is 25.7 Å². The van der Waals surface area contributed by atoms with Crippen LogP contribution in [0.1, 0.15) is 44.9 Å². The van der Waals surface area contributed by atoms with E-state index in [2.05, 4.69) is 5.32 Å². The average Bonchev–Trinajstić information content (AvgIpc) is 2.64. The number of hydrogen-bond acceptors (Lipinski definition) is 8. The van der Waals surface area contributed by atoms with Crippen molar-refractivity contribution < 1.29 is 34.7 Å². The Morgan fingerprint density at radius 2 is 1.65 bits per heavy atom. The second kappa shape index (κ2) is 13.4. The molecule has 1 aliphatic rings. The summed E-state index contributed by atoms with van der Waals surface area (Å²) in [5.74, 6) is 0.0448. The Balaban J connectivity index is 2.02. The van der Waals surface area contributed by atoms with E-state index in [0.717, 1.165) is 38.5 Å². The molecule has 0 unspecified atom stereocenters. The lowest BCUT2D eigenvalue weighted by atomic mass is 9.99. The quantitative estimate of drug-likeness (QED) is 0.214. The van der Waals surface area contributed by atoms with Gasteiger partial charge in [0.1, 0.15) is 24.4 Å². The van der Waals surface area contributed by atoms with Gasteiger partial charge in [-0.25, -0.2) is 0 Å². The Labute approximate surface area is 154 Å². The summed E-state index contributed by atoms with van der Waals surface area (Å²) < 4.78 is 10.7. The van der Waals surface area contributed by atoms with E-state index in [1.54, 1.807) is 0 Å². The van der Waals surface area contributed by atoms with E-state index < -0.39 is 37.3 Å². The molecule has 0 aromatic heterocycles. The lowest BCUT2D eigenvalue weighted by Gasteiger charge is -2.39. The molecule has 9 nitrogen and oxygen atoms in total. The number of nitrogens with one attached hydrogen (secondary N) is 1. The second-order valence-electron chi connectivity index (χ2n) is 6.58. The van der Waals surface area contributed by atoms with Crippen molar-refractivity contribution in [3.05, 3.63) is 0 Å². The third-order valence-corrected chi connectivity index (χ3v) is 4.40. The number of carbonyl (C=O) groups excluding carboxylic acids is 1. The van der Waals surface area contributed by atoms with E-state index >= 15 is 0 Å². The van der Waals surface area contributed by atoms with Gasteiger partial charge in [-0.2, -0.15) is 0 Å². The van der Waals surface area contributed by atoms with Crippen LogP contribution in [0.15, 0.2) is 0 Å². The van der Waals surface area contributed by atoms with E-state index in [1.165, 1.54) is 0 Å². The van der Waals surface area contributed by atoms with Crippen LogP contribution in [-0.4, -0.2) is 83.3 Å². The molecule has 0 aliphatic carbocycles. The summed E-state index contributed by atoms with van der Waals surface area (Å²) in [6, 6.07) is 0. The van der Waals surface area contributed by atoms with Gasteiger partial charge in [-0.05, 0) is 12.8 Å². The monoisotopic (exact) mass is 378 g/mol. The summed E-state index contributed by atoms with van der Waals surface area (Å²) >= 11 is 0. The zero-order valence-corrected chi connectivity index (χ0v) is 15.3. The molecule has 1 rings (SSSR count). The molecule has 0 radical (unpaired) electrons. The van der Waals surface area contributed by atoms with Crippen LogP contribution >= 0.6 is 0 Å². The van der Waals surface area contributed by atoms with Crippen molar-refractivity contribution in [1.82, 2.24) is 5.32 Å².